The van der Waals surface area contributed by atoms with Gasteiger partial charge in [-0.15, -0.1) is 0 Å². The van der Waals surface area contributed by atoms with Crippen molar-refractivity contribution in [2.24, 2.45) is 5.92 Å². The summed E-state index contributed by atoms with van der Waals surface area (Å²) in [5, 5.41) is 8.35. The Morgan fingerprint density at radius 3 is 2.75 bits per heavy atom. The lowest BCUT2D eigenvalue weighted by Crippen LogP contribution is -1.75. The Hall–Kier alpha value is -0.300. The Bertz CT molecular complexity index is 82.4. The van der Waals surface area contributed by atoms with Gasteiger partial charge in [0.1, 0.15) is 0 Å². The number of rotatable bonds is 3. The molecule has 0 aliphatic heterocycles. The zero-order chi connectivity index (χ0) is 5.82. The fourth-order valence-electron chi connectivity index (χ4n) is 0.652. The van der Waals surface area contributed by atoms with Gasteiger partial charge in [0.2, 0.25) is 0 Å². The highest BCUT2D eigenvalue weighted by Crippen LogP contribution is 2.29. The van der Waals surface area contributed by atoms with E-state index >= 15 is 0 Å². The molecule has 0 aromatic carbocycles. The van der Waals surface area contributed by atoms with Crippen LogP contribution in [0, 0.1) is 5.92 Å². The van der Waals surface area contributed by atoms with Crippen LogP contribution in [0.4, 0.5) is 0 Å². The topological polar surface area (TPSA) is 20.2 Å². The zero-order valence-corrected chi connectivity index (χ0v) is 5.01. The Morgan fingerprint density at radius 2 is 2.25 bits per heavy atom. The molecule has 0 heterocycles. The molecule has 0 amide bonds. The maximum Gasteiger partial charge on any atom is 0.0465 e. The Kier molecular flexibility index (Phi) is 2.10. The van der Waals surface area contributed by atoms with Crippen LogP contribution in [0.15, 0.2) is 12.2 Å². The van der Waals surface area contributed by atoms with Gasteiger partial charge >= 0.3 is 0 Å². The third-order valence-electron chi connectivity index (χ3n) is 1.33. The highest BCUT2D eigenvalue weighted by Gasteiger charge is 2.16. The van der Waals surface area contributed by atoms with E-state index in [1.165, 1.54) is 12.8 Å². The second-order valence-corrected chi connectivity index (χ2v) is 2.28. The fraction of sp³-hybridized carbons (Fsp3) is 0.714. The summed E-state index contributed by atoms with van der Waals surface area (Å²) in [5.41, 5.74) is 0. The molecule has 1 aliphatic carbocycles. The van der Waals surface area contributed by atoms with E-state index in [4.69, 9.17) is 5.11 Å². The van der Waals surface area contributed by atoms with Gasteiger partial charge in [-0.3, -0.25) is 0 Å². The molecule has 1 saturated carbocycles. The van der Waals surface area contributed by atoms with E-state index in [9.17, 15) is 0 Å². The summed E-state index contributed by atoms with van der Waals surface area (Å²) in [4.78, 5) is 0. The molecule has 8 heavy (non-hydrogen) atoms. The van der Waals surface area contributed by atoms with E-state index in [2.05, 4.69) is 12.2 Å². The van der Waals surface area contributed by atoms with Crippen LogP contribution in [0.2, 0.25) is 0 Å². The third kappa shape index (κ3) is 2.12. The molecule has 1 nitrogen and oxygen atoms in total. The van der Waals surface area contributed by atoms with Crippen LogP contribution in [0.1, 0.15) is 19.3 Å². The Labute approximate surface area is 50.0 Å². The van der Waals surface area contributed by atoms with E-state index < -0.39 is 0 Å². The molecular weight excluding hydrogens is 100 g/mol. The Morgan fingerprint density at radius 1 is 1.50 bits per heavy atom. The van der Waals surface area contributed by atoms with Crippen LogP contribution < -0.4 is 0 Å². The molecule has 1 rings (SSSR count). The largest absolute Gasteiger partial charge is 0.396 e. The molecule has 0 spiro atoms. The predicted molar refractivity (Wildman–Crippen MR) is 33.6 cm³/mol. The van der Waals surface area contributed by atoms with E-state index in [-0.39, 0.29) is 0 Å². The highest BCUT2D eigenvalue weighted by molar-refractivity contribution is 4.95. The summed E-state index contributed by atoms with van der Waals surface area (Å²) in [6.45, 7) is 0.295. The van der Waals surface area contributed by atoms with E-state index in [1.807, 2.05) is 0 Å². The number of allylic oxidation sites excluding steroid dienone is 1. The molecular formula is C7H12O. The molecule has 1 fully saturated rings. The van der Waals surface area contributed by atoms with E-state index in [0.29, 0.717) is 6.61 Å². The van der Waals surface area contributed by atoms with Crippen molar-refractivity contribution in [2.75, 3.05) is 6.61 Å². The molecule has 0 aromatic rings. The van der Waals surface area contributed by atoms with Gasteiger partial charge in [0.15, 0.2) is 0 Å². The second-order valence-electron chi connectivity index (χ2n) is 2.28. The first-order valence-corrected chi connectivity index (χ1v) is 3.21. The van der Waals surface area contributed by atoms with Crippen LogP contribution in [0.3, 0.4) is 0 Å². The monoisotopic (exact) mass is 112 g/mol. The molecule has 0 radical (unpaired) electrons. The van der Waals surface area contributed by atoms with Crippen molar-refractivity contribution in [1.29, 1.82) is 0 Å². The van der Waals surface area contributed by atoms with Crippen molar-refractivity contribution >= 4 is 0 Å². The minimum absolute atomic E-state index is 0.295. The minimum atomic E-state index is 0.295. The maximum absolute atomic E-state index is 8.35. The van der Waals surface area contributed by atoms with Crippen molar-refractivity contribution in [3.8, 4) is 0 Å². The van der Waals surface area contributed by atoms with Crippen molar-refractivity contribution in [3.05, 3.63) is 12.2 Å². The molecule has 0 aromatic heterocycles. The summed E-state index contributed by atoms with van der Waals surface area (Å²) >= 11 is 0. The first-order chi connectivity index (χ1) is 3.93. The molecule has 46 valence electrons. The summed E-state index contributed by atoms with van der Waals surface area (Å²) in [6.07, 6.45) is 7.83. The average Bonchev–Trinajstić information content (AvgIpc) is 2.51. The predicted octanol–water partition coefficient (Wildman–Crippen LogP) is 1.33. The summed E-state index contributed by atoms with van der Waals surface area (Å²) < 4.78 is 0. The van der Waals surface area contributed by atoms with Gasteiger partial charge in [-0.2, -0.15) is 0 Å². The van der Waals surface area contributed by atoms with Gasteiger partial charge in [-0.1, -0.05) is 12.2 Å². The smallest absolute Gasteiger partial charge is 0.0465 e. The van der Waals surface area contributed by atoms with Gasteiger partial charge in [0.05, 0.1) is 0 Å². The van der Waals surface area contributed by atoms with Gasteiger partial charge in [-0.25, -0.2) is 0 Å². The minimum Gasteiger partial charge on any atom is -0.396 e. The molecule has 0 unspecified atom stereocenters. The first kappa shape index (κ1) is 5.83. The van der Waals surface area contributed by atoms with Gasteiger partial charge in [-0.05, 0) is 25.2 Å². The van der Waals surface area contributed by atoms with Gasteiger partial charge in [0, 0.05) is 6.61 Å². The molecule has 1 N–H and O–H groups in total. The molecule has 1 aliphatic rings. The lowest BCUT2D eigenvalue weighted by molar-refractivity contribution is 0.302. The lowest BCUT2D eigenvalue weighted by Gasteiger charge is -1.81. The van der Waals surface area contributed by atoms with Crippen LogP contribution in [0.25, 0.3) is 0 Å². The molecule has 0 atom stereocenters. The SMILES string of the molecule is OCCC=CC1CC1. The Balaban J connectivity index is 1.96. The highest BCUT2D eigenvalue weighted by atomic mass is 16.2. The number of aliphatic hydroxyl groups excluding tert-OH is 1. The van der Waals surface area contributed by atoms with Gasteiger partial charge < -0.3 is 5.11 Å². The second kappa shape index (κ2) is 2.88. The summed E-state index contributed by atoms with van der Waals surface area (Å²) in [5.74, 6) is 0.863. The van der Waals surface area contributed by atoms with Gasteiger partial charge in [0.25, 0.3) is 0 Å². The first-order valence-electron chi connectivity index (χ1n) is 3.21. The zero-order valence-electron chi connectivity index (χ0n) is 5.01. The van der Waals surface area contributed by atoms with Crippen LogP contribution in [-0.4, -0.2) is 11.7 Å². The molecule has 0 bridgehead atoms. The van der Waals surface area contributed by atoms with Crippen LogP contribution in [0.5, 0.6) is 0 Å². The summed E-state index contributed by atoms with van der Waals surface area (Å²) in [7, 11) is 0. The normalized spacial score (nSPS) is 20.1. The number of aliphatic hydroxyl groups is 1. The average molecular weight is 112 g/mol. The van der Waals surface area contributed by atoms with Crippen molar-refractivity contribution in [1.82, 2.24) is 0 Å². The van der Waals surface area contributed by atoms with Crippen LogP contribution >= 0.6 is 0 Å². The van der Waals surface area contributed by atoms with E-state index in [1.54, 1.807) is 0 Å². The van der Waals surface area contributed by atoms with Crippen molar-refractivity contribution < 1.29 is 5.11 Å². The van der Waals surface area contributed by atoms with Crippen molar-refractivity contribution in [3.63, 3.8) is 0 Å². The maximum atomic E-state index is 8.35. The quantitative estimate of drug-likeness (QED) is 0.546. The van der Waals surface area contributed by atoms with E-state index in [0.717, 1.165) is 12.3 Å². The number of hydrogen-bond donors (Lipinski definition) is 1. The molecule has 1 heteroatoms. The van der Waals surface area contributed by atoms with Crippen molar-refractivity contribution in [2.45, 2.75) is 19.3 Å². The van der Waals surface area contributed by atoms with Crippen LogP contribution in [-0.2, 0) is 0 Å². The standard InChI is InChI=1S/C7H12O/c8-6-2-1-3-7-4-5-7/h1,3,7-8H,2,4-6H2. The third-order valence-corrected chi connectivity index (χ3v) is 1.33. The summed E-state index contributed by atoms with van der Waals surface area (Å²) in [6, 6.07) is 0. The molecule has 0 saturated heterocycles. The number of hydrogen-bond acceptors (Lipinski definition) is 1. The lowest BCUT2D eigenvalue weighted by atomic mass is 10.3. The fourth-order valence-corrected chi connectivity index (χ4v) is 0.652.